The molecular formula is C10H10N2O. The summed E-state index contributed by atoms with van der Waals surface area (Å²) in [4.78, 5) is 0. The summed E-state index contributed by atoms with van der Waals surface area (Å²) in [5, 5.41) is 6.61. The molecule has 3 heteroatoms. The number of rotatable bonds is 1. The maximum atomic E-state index is 4.36. The zero-order chi connectivity index (χ0) is 9.36. The molecule has 3 nitrogen and oxygen atoms in total. The highest BCUT2D eigenvalue weighted by atomic mass is 16.3. The Labute approximate surface area is 76.7 Å². The molecule has 2 aromatic rings. The van der Waals surface area contributed by atoms with Crippen LogP contribution in [0.25, 0.3) is 6.08 Å². The van der Waals surface area contributed by atoms with Gasteiger partial charge in [0.25, 0.3) is 0 Å². The van der Waals surface area contributed by atoms with Crippen molar-refractivity contribution in [2.24, 2.45) is 0 Å². The van der Waals surface area contributed by atoms with Gasteiger partial charge in [-0.3, -0.25) is 0 Å². The zero-order valence-corrected chi connectivity index (χ0v) is 7.13. The van der Waals surface area contributed by atoms with Crippen molar-refractivity contribution in [1.82, 2.24) is 10.2 Å². The van der Waals surface area contributed by atoms with E-state index in [1.165, 1.54) is 18.4 Å². The van der Waals surface area contributed by atoms with Crippen LogP contribution in [0.15, 0.2) is 54.1 Å². The fourth-order valence-corrected chi connectivity index (χ4v) is 0.725. The highest BCUT2D eigenvalue weighted by molar-refractivity contribution is 5.45. The van der Waals surface area contributed by atoms with Gasteiger partial charge in [0.05, 0.1) is 0 Å². The first-order valence-corrected chi connectivity index (χ1v) is 3.80. The number of aromatic nitrogens is 2. The SMILES string of the molecule is C=Cc1ccccc1.c1nnco1. The summed E-state index contributed by atoms with van der Waals surface area (Å²) in [5.74, 6) is 0. The molecule has 0 aliphatic carbocycles. The number of benzene rings is 1. The lowest BCUT2D eigenvalue weighted by atomic mass is 10.2. The molecule has 0 atom stereocenters. The molecule has 0 saturated carbocycles. The van der Waals surface area contributed by atoms with Crippen molar-refractivity contribution in [2.75, 3.05) is 0 Å². The molecule has 0 aliphatic heterocycles. The second-order valence-electron chi connectivity index (χ2n) is 2.19. The van der Waals surface area contributed by atoms with Gasteiger partial charge >= 0.3 is 0 Å². The third-order valence-corrected chi connectivity index (χ3v) is 1.32. The molecule has 0 spiro atoms. The molecule has 0 N–H and O–H groups in total. The van der Waals surface area contributed by atoms with E-state index in [2.05, 4.69) is 21.2 Å². The van der Waals surface area contributed by atoms with Crippen molar-refractivity contribution in [1.29, 1.82) is 0 Å². The third-order valence-electron chi connectivity index (χ3n) is 1.32. The molecule has 1 aromatic heterocycles. The summed E-state index contributed by atoms with van der Waals surface area (Å²) in [7, 11) is 0. The maximum Gasteiger partial charge on any atom is 0.203 e. The maximum absolute atomic E-state index is 4.36. The molecule has 0 radical (unpaired) electrons. The summed E-state index contributed by atoms with van der Waals surface area (Å²) in [6.45, 7) is 3.63. The van der Waals surface area contributed by atoms with Gasteiger partial charge in [0.15, 0.2) is 0 Å². The summed E-state index contributed by atoms with van der Waals surface area (Å²) in [6.07, 6.45) is 4.36. The standard InChI is InChI=1S/C8H8.C2H2N2O/c1-2-8-6-4-3-5-7-8;1-3-4-2-5-1/h2-7H,1H2;1-2H. The minimum Gasteiger partial charge on any atom is -0.431 e. The van der Waals surface area contributed by atoms with Gasteiger partial charge in [0.2, 0.25) is 12.8 Å². The summed E-state index contributed by atoms with van der Waals surface area (Å²) < 4.78 is 4.36. The van der Waals surface area contributed by atoms with Gasteiger partial charge in [0, 0.05) is 0 Å². The Morgan fingerprint density at radius 3 is 2.00 bits per heavy atom. The van der Waals surface area contributed by atoms with E-state index < -0.39 is 0 Å². The molecular weight excluding hydrogens is 164 g/mol. The van der Waals surface area contributed by atoms with Crippen molar-refractivity contribution in [2.45, 2.75) is 0 Å². The lowest BCUT2D eigenvalue weighted by Crippen LogP contribution is -1.63. The first kappa shape index (κ1) is 9.19. The van der Waals surface area contributed by atoms with Crippen LogP contribution in [0.4, 0.5) is 0 Å². The topological polar surface area (TPSA) is 38.9 Å². The molecule has 66 valence electrons. The van der Waals surface area contributed by atoms with Gasteiger partial charge in [0.1, 0.15) is 0 Å². The molecule has 0 bridgehead atoms. The lowest BCUT2D eigenvalue weighted by Gasteiger charge is -1.85. The van der Waals surface area contributed by atoms with Gasteiger partial charge < -0.3 is 4.42 Å². The first-order chi connectivity index (χ1) is 6.43. The van der Waals surface area contributed by atoms with E-state index in [1.54, 1.807) is 0 Å². The van der Waals surface area contributed by atoms with E-state index in [9.17, 15) is 0 Å². The van der Waals surface area contributed by atoms with Gasteiger partial charge in [-0.25, -0.2) is 0 Å². The predicted molar refractivity (Wildman–Crippen MR) is 50.8 cm³/mol. The monoisotopic (exact) mass is 174 g/mol. The van der Waals surface area contributed by atoms with E-state index in [-0.39, 0.29) is 0 Å². The van der Waals surface area contributed by atoms with Crippen LogP contribution in [0, 0.1) is 0 Å². The molecule has 1 aromatic carbocycles. The van der Waals surface area contributed by atoms with Crippen molar-refractivity contribution in [3.63, 3.8) is 0 Å². The van der Waals surface area contributed by atoms with Crippen LogP contribution in [-0.2, 0) is 0 Å². The van der Waals surface area contributed by atoms with Crippen LogP contribution in [0.3, 0.4) is 0 Å². The molecule has 13 heavy (non-hydrogen) atoms. The number of nitrogens with zero attached hydrogens (tertiary/aromatic N) is 2. The van der Waals surface area contributed by atoms with Crippen molar-refractivity contribution >= 4 is 6.08 Å². The van der Waals surface area contributed by atoms with Gasteiger partial charge in [-0.05, 0) is 5.56 Å². The predicted octanol–water partition coefficient (Wildman–Crippen LogP) is 2.40. The minimum absolute atomic E-state index is 1.17. The van der Waals surface area contributed by atoms with Crippen molar-refractivity contribution < 1.29 is 4.42 Å². The van der Waals surface area contributed by atoms with Gasteiger partial charge in [-0.2, -0.15) is 0 Å². The quantitative estimate of drug-likeness (QED) is 0.666. The summed E-state index contributed by atoms with van der Waals surface area (Å²) in [5.41, 5.74) is 1.17. The number of hydrogen-bond donors (Lipinski definition) is 0. The van der Waals surface area contributed by atoms with E-state index in [0.29, 0.717) is 0 Å². The molecule has 1 heterocycles. The second-order valence-corrected chi connectivity index (χ2v) is 2.19. The first-order valence-electron chi connectivity index (χ1n) is 3.80. The Morgan fingerprint density at radius 1 is 1.08 bits per heavy atom. The zero-order valence-electron chi connectivity index (χ0n) is 7.13. The van der Waals surface area contributed by atoms with Crippen LogP contribution < -0.4 is 0 Å². The molecule has 0 saturated heterocycles. The van der Waals surface area contributed by atoms with Crippen LogP contribution in [-0.4, -0.2) is 10.2 Å². The van der Waals surface area contributed by atoms with Crippen LogP contribution in [0.2, 0.25) is 0 Å². The summed E-state index contributed by atoms with van der Waals surface area (Å²) in [6, 6.07) is 10.0. The lowest BCUT2D eigenvalue weighted by molar-refractivity contribution is 0.553. The highest BCUT2D eigenvalue weighted by Crippen LogP contribution is 1.97. The van der Waals surface area contributed by atoms with Crippen LogP contribution in [0.5, 0.6) is 0 Å². The minimum atomic E-state index is 1.17. The smallest absolute Gasteiger partial charge is 0.203 e. The Hall–Kier alpha value is -1.90. The molecule has 0 amide bonds. The Kier molecular flexibility index (Phi) is 4.04. The van der Waals surface area contributed by atoms with E-state index >= 15 is 0 Å². The molecule has 2 rings (SSSR count). The second kappa shape index (κ2) is 5.71. The van der Waals surface area contributed by atoms with E-state index in [0.717, 1.165) is 0 Å². The average molecular weight is 174 g/mol. The third kappa shape index (κ3) is 3.86. The fraction of sp³-hybridized carbons (Fsp3) is 0. The Balaban J connectivity index is 0.000000145. The van der Waals surface area contributed by atoms with Crippen molar-refractivity contribution in [3.05, 3.63) is 55.3 Å². The molecule has 0 unspecified atom stereocenters. The van der Waals surface area contributed by atoms with Crippen LogP contribution in [0.1, 0.15) is 5.56 Å². The van der Waals surface area contributed by atoms with E-state index in [4.69, 9.17) is 0 Å². The normalized spacial score (nSPS) is 8.31. The Bertz CT molecular complexity index is 299. The highest BCUT2D eigenvalue weighted by Gasteiger charge is 1.75. The molecule has 0 aliphatic rings. The van der Waals surface area contributed by atoms with Gasteiger partial charge in [-0.15, -0.1) is 10.2 Å². The average Bonchev–Trinajstić information content (AvgIpc) is 2.77. The molecule has 0 fully saturated rings. The fourth-order valence-electron chi connectivity index (χ4n) is 0.725. The van der Waals surface area contributed by atoms with E-state index in [1.807, 2.05) is 36.4 Å². The van der Waals surface area contributed by atoms with Gasteiger partial charge in [-0.1, -0.05) is 43.0 Å². The largest absolute Gasteiger partial charge is 0.431 e. The Morgan fingerprint density at radius 2 is 1.69 bits per heavy atom. The van der Waals surface area contributed by atoms with Crippen LogP contribution >= 0.6 is 0 Å². The van der Waals surface area contributed by atoms with Crippen molar-refractivity contribution in [3.8, 4) is 0 Å². The number of hydrogen-bond acceptors (Lipinski definition) is 3. The summed E-state index contributed by atoms with van der Waals surface area (Å²) >= 11 is 0.